The zero-order chi connectivity index (χ0) is 15.3. The molecule has 1 amide bonds. The van der Waals surface area contributed by atoms with Crippen LogP contribution in [0.2, 0.25) is 0 Å². The number of nitro groups is 2. The van der Waals surface area contributed by atoms with E-state index in [2.05, 4.69) is 5.32 Å². The standard InChI is InChI=1S/C12H15N3O5/c1-3-9(4-2)13-12(16)8-5-10(14(17)18)7-11(6-8)15(19)20/h5-7,9H,3-4H2,1-2H3,(H,13,16). The van der Waals surface area contributed by atoms with Gasteiger partial charge in [0.25, 0.3) is 17.3 Å². The zero-order valence-corrected chi connectivity index (χ0v) is 11.2. The molecule has 0 saturated carbocycles. The SMILES string of the molecule is CCC(CC)NC(=O)c1cc([N+](=O)[O-])cc([N+](=O)[O-])c1. The highest BCUT2D eigenvalue weighted by Gasteiger charge is 2.20. The van der Waals surface area contributed by atoms with E-state index in [0.29, 0.717) is 12.8 Å². The first kappa shape index (κ1) is 15.5. The number of nitro benzene ring substituents is 2. The third-order valence-corrected chi connectivity index (χ3v) is 2.91. The van der Waals surface area contributed by atoms with Crippen LogP contribution >= 0.6 is 0 Å². The van der Waals surface area contributed by atoms with Gasteiger partial charge in [-0.05, 0) is 12.8 Å². The van der Waals surface area contributed by atoms with Gasteiger partial charge in [0, 0.05) is 18.2 Å². The molecule has 0 atom stereocenters. The summed E-state index contributed by atoms with van der Waals surface area (Å²) >= 11 is 0. The van der Waals surface area contributed by atoms with E-state index >= 15 is 0 Å². The van der Waals surface area contributed by atoms with E-state index in [9.17, 15) is 25.0 Å². The lowest BCUT2D eigenvalue weighted by Gasteiger charge is -2.14. The van der Waals surface area contributed by atoms with E-state index in [1.807, 2.05) is 13.8 Å². The molecule has 0 fully saturated rings. The van der Waals surface area contributed by atoms with Gasteiger partial charge in [-0.25, -0.2) is 0 Å². The Morgan fingerprint density at radius 1 is 1.10 bits per heavy atom. The van der Waals surface area contributed by atoms with Gasteiger partial charge in [0.1, 0.15) is 0 Å². The predicted octanol–water partition coefficient (Wildman–Crippen LogP) is 2.42. The number of carbonyl (C=O) groups is 1. The predicted molar refractivity (Wildman–Crippen MR) is 71.6 cm³/mol. The number of hydrogen-bond acceptors (Lipinski definition) is 5. The third kappa shape index (κ3) is 3.74. The van der Waals surface area contributed by atoms with E-state index < -0.39 is 27.1 Å². The lowest BCUT2D eigenvalue weighted by molar-refractivity contribution is -0.394. The van der Waals surface area contributed by atoms with Crippen LogP contribution < -0.4 is 5.32 Å². The van der Waals surface area contributed by atoms with Crippen molar-refractivity contribution in [2.45, 2.75) is 32.7 Å². The molecule has 1 aromatic carbocycles. The van der Waals surface area contributed by atoms with Gasteiger partial charge >= 0.3 is 0 Å². The fourth-order valence-corrected chi connectivity index (χ4v) is 1.70. The number of benzene rings is 1. The van der Waals surface area contributed by atoms with Crippen molar-refractivity contribution in [2.24, 2.45) is 0 Å². The van der Waals surface area contributed by atoms with Gasteiger partial charge in [0.15, 0.2) is 0 Å². The highest BCUT2D eigenvalue weighted by molar-refractivity contribution is 5.95. The molecular formula is C12H15N3O5. The van der Waals surface area contributed by atoms with Crippen LogP contribution in [0, 0.1) is 20.2 Å². The van der Waals surface area contributed by atoms with E-state index in [-0.39, 0.29) is 11.6 Å². The first-order valence-corrected chi connectivity index (χ1v) is 6.13. The van der Waals surface area contributed by atoms with Crippen LogP contribution in [0.25, 0.3) is 0 Å². The topological polar surface area (TPSA) is 115 Å². The molecule has 0 saturated heterocycles. The van der Waals surface area contributed by atoms with Gasteiger partial charge in [-0.1, -0.05) is 13.8 Å². The minimum absolute atomic E-state index is 0.0687. The Hall–Kier alpha value is -2.51. The molecule has 8 nitrogen and oxygen atoms in total. The molecule has 0 heterocycles. The third-order valence-electron chi connectivity index (χ3n) is 2.91. The maximum Gasteiger partial charge on any atom is 0.277 e. The van der Waals surface area contributed by atoms with Crippen molar-refractivity contribution in [3.8, 4) is 0 Å². The fraction of sp³-hybridized carbons (Fsp3) is 0.417. The van der Waals surface area contributed by atoms with E-state index in [1.54, 1.807) is 0 Å². The van der Waals surface area contributed by atoms with Crippen molar-refractivity contribution < 1.29 is 14.6 Å². The first-order valence-electron chi connectivity index (χ1n) is 6.13. The van der Waals surface area contributed by atoms with Crippen LogP contribution in [0.1, 0.15) is 37.0 Å². The number of rotatable bonds is 6. The molecular weight excluding hydrogens is 266 g/mol. The summed E-state index contributed by atoms with van der Waals surface area (Å²) in [4.78, 5) is 31.9. The van der Waals surface area contributed by atoms with Crippen molar-refractivity contribution >= 4 is 17.3 Å². The molecule has 0 radical (unpaired) electrons. The number of non-ortho nitro benzene ring substituents is 2. The van der Waals surface area contributed by atoms with Gasteiger partial charge in [0.2, 0.25) is 0 Å². The van der Waals surface area contributed by atoms with Crippen LogP contribution in [-0.2, 0) is 0 Å². The number of nitrogens with zero attached hydrogens (tertiary/aromatic N) is 2. The van der Waals surface area contributed by atoms with E-state index in [0.717, 1.165) is 18.2 Å². The van der Waals surface area contributed by atoms with Crippen LogP contribution in [-0.4, -0.2) is 21.8 Å². The molecule has 0 aromatic heterocycles. The summed E-state index contributed by atoms with van der Waals surface area (Å²) in [6, 6.07) is 2.82. The number of carbonyl (C=O) groups excluding carboxylic acids is 1. The van der Waals surface area contributed by atoms with E-state index in [4.69, 9.17) is 0 Å². The Morgan fingerprint density at radius 2 is 1.55 bits per heavy atom. The molecule has 0 aliphatic carbocycles. The Labute approximate surface area is 115 Å². The zero-order valence-electron chi connectivity index (χ0n) is 11.2. The molecule has 0 spiro atoms. The van der Waals surface area contributed by atoms with Crippen LogP contribution in [0.15, 0.2) is 18.2 Å². The largest absolute Gasteiger partial charge is 0.349 e. The maximum atomic E-state index is 12.0. The first-order chi connectivity index (χ1) is 9.38. The summed E-state index contributed by atoms with van der Waals surface area (Å²) in [5.41, 5.74) is -1.04. The van der Waals surface area contributed by atoms with E-state index in [1.165, 1.54) is 0 Å². The van der Waals surface area contributed by atoms with Crippen LogP contribution in [0.3, 0.4) is 0 Å². The van der Waals surface area contributed by atoms with Gasteiger partial charge in [-0.3, -0.25) is 25.0 Å². The number of amides is 1. The fourth-order valence-electron chi connectivity index (χ4n) is 1.70. The molecule has 1 N–H and O–H groups in total. The van der Waals surface area contributed by atoms with Gasteiger partial charge in [0.05, 0.1) is 21.5 Å². The van der Waals surface area contributed by atoms with Crippen molar-refractivity contribution in [1.29, 1.82) is 0 Å². The number of hydrogen-bond donors (Lipinski definition) is 1. The highest BCUT2D eigenvalue weighted by atomic mass is 16.6. The Balaban J connectivity index is 3.13. The van der Waals surface area contributed by atoms with Gasteiger partial charge < -0.3 is 5.32 Å². The molecule has 0 aliphatic rings. The smallest absolute Gasteiger partial charge is 0.277 e. The molecule has 0 unspecified atom stereocenters. The minimum Gasteiger partial charge on any atom is -0.349 e. The number of nitrogens with one attached hydrogen (secondary N) is 1. The minimum atomic E-state index is -0.763. The van der Waals surface area contributed by atoms with Gasteiger partial charge in [-0.15, -0.1) is 0 Å². The van der Waals surface area contributed by atoms with Crippen molar-refractivity contribution in [1.82, 2.24) is 5.32 Å². The quantitative estimate of drug-likeness (QED) is 0.635. The average molecular weight is 281 g/mol. The average Bonchev–Trinajstić information content (AvgIpc) is 2.43. The second-order valence-electron chi connectivity index (χ2n) is 4.24. The molecule has 1 rings (SSSR count). The molecule has 108 valence electrons. The summed E-state index contributed by atoms with van der Waals surface area (Å²) in [5.74, 6) is -0.550. The Bertz CT molecular complexity index is 508. The molecule has 1 aromatic rings. The summed E-state index contributed by atoms with van der Waals surface area (Å²) in [7, 11) is 0. The second-order valence-corrected chi connectivity index (χ2v) is 4.24. The summed E-state index contributed by atoms with van der Waals surface area (Å²) in [6.07, 6.45) is 1.42. The molecule has 0 bridgehead atoms. The summed E-state index contributed by atoms with van der Waals surface area (Å²) in [5, 5.41) is 24.2. The Kier molecular flexibility index (Phi) is 5.13. The highest BCUT2D eigenvalue weighted by Crippen LogP contribution is 2.22. The monoisotopic (exact) mass is 281 g/mol. The lowest BCUT2D eigenvalue weighted by Crippen LogP contribution is -2.33. The molecule has 20 heavy (non-hydrogen) atoms. The molecule has 0 aliphatic heterocycles. The summed E-state index contributed by atoms with van der Waals surface area (Å²) < 4.78 is 0. The van der Waals surface area contributed by atoms with Crippen molar-refractivity contribution in [2.75, 3.05) is 0 Å². The molecule has 8 heteroatoms. The van der Waals surface area contributed by atoms with Crippen LogP contribution in [0.4, 0.5) is 11.4 Å². The van der Waals surface area contributed by atoms with Crippen molar-refractivity contribution in [3.05, 3.63) is 44.0 Å². The van der Waals surface area contributed by atoms with Crippen LogP contribution in [0.5, 0.6) is 0 Å². The second kappa shape index (κ2) is 6.60. The van der Waals surface area contributed by atoms with Crippen molar-refractivity contribution in [3.63, 3.8) is 0 Å². The Morgan fingerprint density at radius 3 is 1.90 bits per heavy atom. The van der Waals surface area contributed by atoms with Gasteiger partial charge in [-0.2, -0.15) is 0 Å². The lowest BCUT2D eigenvalue weighted by atomic mass is 10.1. The summed E-state index contributed by atoms with van der Waals surface area (Å²) in [6.45, 7) is 3.79. The normalized spacial score (nSPS) is 10.3. The maximum absolute atomic E-state index is 12.0.